The maximum absolute atomic E-state index is 9.89. The predicted octanol–water partition coefficient (Wildman–Crippen LogP) is 1.10. The van der Waals surface area contributed by atoms with Gasteiger partial charge in [-0.3, -0.25) is 4.79 Å². The first kappa shape index (κ1) is 8.44. The van der Waals surface area contributed by atoms with Crippen molar-refractivity contribution >= 4 is 5.97 Å². The van der Waals surface area contributed by atoms with Gasteiger partial charge < -0.3 is 5.11 Å². The van der Waals surface area contributed by atoms with Crippen LogP contribution in [-0.4, -0.2) is 11.1 Å². The van der Waals surface area contributed by atoms with Crippen LogP contribution in [0.1, 0.15) is 6.42 Å². The maximum Gasteiger partial charge on any atom is 0.307 e. The third-order valence-electron chi connectivity index (χ3n) is 0.710. The van der Waals surface area contributed by atoms with E-state index < -0.39 is 5.97 Å². The van der Waals surface area contributed by atoms with Crippen LogP contribution in [0.3, 0.4) is 0 Å². The molecule has 0 aliphatic carbocycles. The highest BCUT2D eigenvalue weighted by molar-refractivity contribution is 5.68. The van der Waals surface area contributed by atoms with E-state index >= 15 is 0 Å². The van der Waals surface area contributed by atoms with Gasteiger partial charge in [-0.1, -0.05) is 18.2 Å². The second-order valence-electron chi connectivity index (χ2n) is 1.51. The molecule has 0 saturated heterocycles. The van der Waals surface area contributed by atoms with Gasteiger partial charge in [-0.25, -0.2) is 0 Å². The van der Waals surface area contributed by atoms with Gasteiger partial charge in [-0.2, -0.15) is 5.26 Å². The molecule has 1 N–H and O–H groups in total. The Hall–Kier alpha value is -1.56. The number of carbonyl (C=O) groups is 1. The topological polar surface area (TPSA) is 61.1 Å². The molecule has 0 aromatic carbocycles. The molecule has 0 amide bonds. The molecule has 0 fully saturated rings. The van der Waals surface area contributed by atoms with Crippen molar-refractivity contribution in [2.24, 2.45) is 0 Å². The van der Waals surface area contributed by atoms with E-state index in [1.54, 1.807) is 6.07 Å². The second-order valence-corrected chi connectivity index (χ2v) is 1.51. The number of hydrogen-bond donors (Lipinski definition) is 1. The average Bonchev–Trinajstić information content (AvgIpc) is 1.87. The Bertz CT molecular complexity index is 198. The first-order chi connectivity index (χ1) is 4.77. The first-order valence-corrected chi connectivity index (χ1v) is 2.70. The van der Waals surface area contributed by atoms with Crippen LogP contribution in [0.4, 0.5) is 0 Å². The quantitative estimate of drug-likeness (QED) is 0.468. The smallest absolute Gasteiger partial charge is 0.307 e. The Morgan fingerprint density at radius 3 is 2.80 bits per heavy atom. The zero-order chi connectivity index (χ0) is 7.82. The molecule has 0 bridgehead atoms. The zero-order valence-electron chi connectivity index (χ0n) is 5.32. The highest BCUT2D eigenvalue weighted by atomic mass is 16.4. The first-order valence-electron chi connectivity index (χ1n) is 2.70. The van der Waals surface area contributed by atoms with Crippen molar-refractivity contribution in [2.75, 3.05) is 0 Å². The monoisotopic (exact) mass is 137 g/mol. The fourth-order valence-electron chi connectivity index (χ4n) is 0.346. The largest absolute Gasteiger partial charge is 0.481 e. The number of hydrogen-bond acceptors (Lipinski definition) is 2. The van der Waals surface area contributed by atoms with E-state index in [-0.39, 0.29) is 6.42 Å². The van der Waals surface area contributed by atoms with E-state index in [1.807, 2.05) is 0 Å². The molecule has 10 heavy (non-hydrogen) atoms. The molecule has 0 unspecified atom stereocenters. The van der Waals surface area contributed by atoms with Crippen molar-refractivity contribution < 1.29 is 9.90 Å². The second kappa shape index (κ2) is 5.57. The lowest BCUT2D eigenvalue weighted by molar-refractivity contribution is -0.135. The summed E-state index contributed by atoms with van der Waals surface area (Å²) in [6, 6.07) is 1.78. The summed E-state index contributed by atoms with van der Waals surface area (Å²) in [7, 11) is 0. The molecule has 0 atom stereocenters. The molecule has 3 nitrogen and oxygen atoms in total. The Kier molecular flexibility index (Phi) is 4.70. The Morgan fingerprint density at radius 1 is 1.60 bits per heavy atom. The normalized spacial score (nSPS) is 10.3. The lowest BCUT2D eigenvalue weighted by atomic mass is 10.3. The third kappa shape index (κ3) is 6.44. The molecule has 0 aliphatic rings. The van der Waals surface area contributed by atoms with Crippen LogP contribution in [0.25, 0.3) is 0 Å². The fraction of sp³-hybridized carbons (Fsp3) is 0.143. The molecule has 0 aromatic rings. The van der Waals surface area contributed by atoms with Gasteiger partial charge in [0.2, 0.25) is 0 Å². The van der Waals surface area contributed by atoms with Crippen molar-refractivity contribution in [2.45, 2.75) is 6.42 Å². The van der Waals surface area contributed by atoms with E-state index in [0.717, 1.165) is 0 Å². The Morgan fingerprint density at radius 2 is 2.30 bits per heavy atom. The van der Waals surface area contributed by atoms with Gasteiger partial charge in [0.25, 0.3) is 0 Å². The summed E-state index contributed by atoms with van der Waals surface area (Å²) >= 11 is 0. The number of carboxylic acids is 1. The summed E-state index contributed by atoms with van der Waals surface area (Å²) in [5.41, 5.74) is 0. The predicted molar refractivity (Wildman–Crippen MR) is 36.1 cm³/mol. The summed E-state index contributed by atoms with van der Waals surface area (Å²) in [5, 5.41) is 16.1. The summed E-state index contributed by atoms with van der Waals surface area (Å²) in [5.74, 6) is -0.874. The molecule has 0 radical (unpaired) electrons. The minimum Gasteiger partial charge on any atom is -0.481 e. The summed E-state index contributed by atoms with van der Waals surface area (Å²) < 4.78 is 0. The molecular weight excluding hydrogens is 130 g/mol. The molecule has 0 spiro atoms. The van der Waals surface area contributed by atoms with E-state index in [0.29, 0.717) is 0 Å². The van der Waals surface area contributed by atoms with Crippen molar-refractivity contribution in [1.29, 1.82) is 5.26 Å². The standard InChI is InChI=1S/C7H7NO2/c8-6-4-2-1-3-5-7(9)10/h1-4H,5H2,(H,9,10)/b3-1+,4-2+. The van der Waals surface area contributed by atoms with E-state index in [9.17, 15) is 4.79 Å². The van der Waals surface area contributed by atoms with Crippen molar-refractivity contribution in [3.05, 3.63) is 24.3 Å². The zero-order valence-corrected chi connectivity index (χ0v) is 5.32. The van der Waals surface area contributed by atoms with Crippen LogP contribution >= 0.6 is 0 Å². The number of carboxylic acid groups (broad SMARTS) is 1. The van der Waals surface area contributed by atoms with Crippen LogP contribution < -0.4 is 0 Å². The number of aliphatic carboxylic acids is 1. The molecule has 0 aliphatic heterocycles. The van der Waals surface area contributed by atoms with E-state index in [1.165, 1.54) is 24.3 Å². The molecule has 0 aromatic heterocycles. The molecule has 0 heterocycles. The van der Waals surface area contributed by atoms with E-state index in [4.69, 9.17) is 10.4 Å². The van der Waals surface area contributed by atoms with Crippen molar-refractivity contribution in [1.82, 2.24) is 0 Å². The molecule has 3 heteroatoms. The lowest BCUT2D eigenvalue weighted by Crippen LogP contribution is -1.89. The van der Waals surface area contributed by atoms with Gasteiger partial charge in [0.15, 0.2) is 0 Å². The van der Waals surface area contributed by atoms with Crippen LogP contribution in [0, 0.1) is 11.3 Å². The maximum atomic E-state index is 9.89. The molecule has 0 saturated carbocycles. The summed E-state index contributed by atoms with van der Waals surface area (Å²) in [6.07, 6.45) is 5.75. The van der Waals surface area contributed by atoms with Crippen LogP contribution in [-0.2, 0) is 4.79 Å². The minimum absolute atomic E-state index is 0.00420. The Labute approximate surface area is 58.9 Å². The van der Waals surface area contributed by atoms with Gasteiger partial charge in [-0.05, 0) is 0 Å². The summed E-state index contributed by atoms with van der Waals surface area (Å²) in [6.45, 7) is 0. The Balaban J connectivity index is 3.50. The van der Waals surface area contributed by atoms with Gasteiger partial charge in [0, 0.05) is 6.08 Å². The fourth-order valence-corrected chi connectivity index (χ4v) is 0.346. The van der Waals surface area contributed by atoms with Crippen LogP contribution in [0.5, 0.6) is 0 Å². The number of rotatable bonds is 3. The van der Waals surface area contributed by atoms with Crippen LogP contribution in [0.2, 0.25) is 0 Å². The van der Waals surface area contributed by atoms with Crippen molar-refractivity contribution in [3.8, 4) is 6.07 Å². The highest BCUT2D eigenvalue weighted by Gasteiger charge is 1.86. The van der Waals surface area contributed by atoms with Crippen molar-refractivity contribution in [3.63, 3.8) is 0 Å². The molecule has 0 rings (SSSR count). The molecule has 52 valence electrons. The van der Waals surface area contributed by atoms with Gasteiger partial charge >= 0.3 is 5.97 Å². The summed E-state index contributed by atoms with van der Waals surface area (Å²) in [4.78, 5) is 9.89. The lowest BCUT2D eigenvalue weighted by Gasteiger charge is -1.78. The molecular formula is C7H7NO2. The van der Waals surface area contributed by atoms with Gasteiger partial charge in [-0.15, -0.1) is 0 Å². The third-order valence-corrected chi connectivity index (χ3v) is 0.710. The average molecular weight is 137 g/mol. The van der Waals surface area contributed by atoms with Gasteiger partial charge in [0.1, 0.15) is 0 Å². The number of allylic oxidation sites excluding steroid dienone is 3. The minimum atomic E-state index is -0.874. The number of nitrogens with zero attached hydrogens (tertiary/aromatic N) is 1. The SMILES string of the molecule is N#C/C=C/C=C/CC(=O)O. The highest BCUT2D eigenvalue weighted by Crippen LogP contribution is 1.82. The van der Waals surface area contributed by atoms with E-state index in [2.05, 4.69) is 0 Å². The van der Waals surface area contributed by atoms with Crippen LogP contribution in [0.15, 0.2) is 24.3 Å². The van der Waals surface area contributed by atoms with Gasteiger partial charge in [0.05, 0.1) is 12.5 Å². The number of nitriles is 1.